The molecule has 1 aliphatic rings. The summed E-state index contributed by atoms with van der Waals surface area (Å²) in [7, 11) is 1.93. The Morgan fingerprint density at radius 1 is 1.11 bits per heavy atom. The number of likely N-dealkylation sites (N-methyl/N-ethyl adjacent to an activating group) is 1. The first kappa shape index (κ1) is 20.3. The first-order valence-electron chi connectivity index (χ1n) is 8.55. The van der Waals surface area contributed by atoms with E-state index >= 15 is 0 Å². The average Bonchev–Trinajstić information content (AvgIpc) is 2.60. The van der Waals surface area contributed by atoms with E-state index in [2.05, 4.69) is 23.7 Å². The van der Waals surface area contributed by atoms with Gasteiger partial charge in [0, 0.05) is 21.7 Å². The minimum Gasteiger partial charge on any atom is -0.496 e. The Morgan fingerprint density at radius 3 is 2.37 bits per heavy atom. The highest BCUT2D eigenvalue weighted by Crippen LogP contribution is 2.37. The highest BCUT2D eigenvalue weighted by atomic mass is 35.5. The molecule has 146 valence electrons. The smallest absolute Gasteiger partial charge is 0.262 e. The van der Waals surface area contributed by atoms with Crippen LogP contribution < -0.4 is 9.46 Å². The van der Waals surface area contributed by atoms with E-state index in [9.17, 15) is 8.42 Å². The van der Waals surface area contributed by atoms with Crippen LogP contribution >= 0.6 is 23.2 Å². The maximum atomic E-state index is 12.9. The normalized spacial score (nSPS) is 16.9. The van der Waals surface area contributed by atoms with Gasteiger partial charge in [-0.05, 0) is 69.3 Å². The number of hydrogen-bond acceptors (Lipinski definition) is 4. The number of benzene rings is 2. The fourth-order valence-electron chi connectivity index (χ4n) is 3.44. The predicted molar refractivity (Wildman–Crippen MR) is 110 cm³/mol. The lowest BCUT2D eigenvalue weighted by atomic mass is 9.86. The van der Waals surface area contributed by atoms with Crippen molar-refractivity contribution in [1.82, 2.24) is 4.90 Å². The SMILES string of the molecule is COc1ccc(NS(=O)(=O)c2cc(Cl)cc(Cl)c2)c2c1C[C@@H](N(C)C)CC2. The van der Waals surface area contributed by atoms with Gasteiger partial charge in [-0.1, -0.05) is 23.2 Å². The second-order valence-corrected chi connectivity index (χ2v) is 9.40. The fraction of sp³-hybridized carbons (Fsp3) is 0.368. The molecular formula is C19H22Cl2N2O3S. The van der Waals surface area contributed by atoms with Gasteiger partial charge in [0.25, 0.3) is 10.0 Å². The Balaban J connectivity index is 2.00. The van der Waals surface area contributed by atoms with Gasteiger partial charge in [-0.3, -0.25) is 4.72 Å². The van der Waals surface area contributed by atoms with E-state index in [1.807, 2.05) is 0 Å². The van der Waals surface area contributed by atoms with Crippen LogP contribution in [0.15, 0.2) is 35.2 Å². The molecule has 0 aliphatic heterocycles. The van der Waals surface area contributed by atoms with E-state index < -0.39 is 10.0 Å². The number of sulfonamides is 1. The summed E-state index contributed by atoms with van der Waals surface area (Å²) in [4.78, 5) is 2.22. The summed E-state index contributed by atoms with van der Waals surface area (Å²) in [5, 5.41) is 0.543. The van der Waals surface area contributed by atoms with Crippen LogP contribution in [-0.2, 0) is 22.9 Å². The Kier molecular flexibility index (Phi) is 5.91. The number of nitrogens with one attached hydrogen (secondary N) is 1. The average molecular weight is 429 g/mol. The molecular weight excluding hydrogens is 407 g/mol. The first-order valence-corrected chi connectivity index (χ1v) is 10.8. The number of fused-ring (bicyclic) bond motifs is 1. The van der Waals surface area contributed by atoms with Crippen LogP contribution in [0, 0.1) is 0 Å². The minimum atomic E-state index is -3.81. The zero-order valence-electron chi connectivity index (χ0n) is 15.4. The zero-order valence-corrected chi connectivity index (χ0v) is 17.7. The van der Waals surface area contributed by atoms with Crippen molar-refractivity contribution in [2.75, 3.05) is 25.9 Å². The number of hydrogen-bond donors (Lipinski definition) is 1. The van der Waals surface area contributed by atoms with Gasteiger partial charge in [0.1, 0.15) is 5.75 Å². The Labute approximate surface area is 170 Å². The molecule has 3 rings (SSSR count). The van der Waals surface area contributed by atoms with Crippen LogP contribution in [0.5, 0.6) is 5.75 Å². The Bertz CT molecular complexity index is 941. The fourth-order valence-corrected chi connectivity index (χ4v) is 5.26. The van der Waals surface area contributed by atoms with Crippen LogP contribution in [0.25, 0.3) is 0 Å². The van der Waals surface area contributed by atoms with Crippen molar-refractivity contribution in [2.45, 2.75) is 30.2 Å². The topological polar surface area (TPSA) is 58.6 Å². The molecule has 2 aromatic rings. The molecule has 0 bridgehead atoms. The summed E-state index contributed by atoms with van der Waals surface area (Å²) < 4.78 is 33.9. The van der Waals surface area contributed by atoms with E-state index in [0.29, 0.717) is 11.7 Å². The molecule has 0 heterocycles. The van der Waals surface area contributed by atoms with Crippen molar-refractivity contribution in [3.63, 3.8) is 0 Å². The summed E-state index contributed by atoms with van der Waals surface area (Å²) in [6, 6.07) is 8.21. The lowest BCUT2D eigenvalue weighted by Gasteiger charge is -2.32. The molecule has 0 saturated carbocycles. The van der Waals surface area contributed by atoms with E-state index in [1.54, 1.807) is 19.2 Å². The first-order chi connectivity index (χ1) is 12.7. The molecule has 0 unspecified atom stereocenters. The molecule has 5 nitrogen and oxygen atoms in total. The highest BCUT2D eigenvalue weighted by molar-refractivity contribution is 7.92. The quantitative estimate of drug-likeness (QED) is 0.773. The van der Waals surface area contributed by atoms with Gasteiger partial charge in [-0.25, -0.2) is 8.42 Å². The number of halogens is 2. The molecule has 2 aromatic carbocycles. The van der Waals surface area contributed by atoms with Gasteiger partial charge in [0.05, 0.1) is 17.7 Å². The van der Waals surface area contributed by atoms with Gasteiger partial charge >= 0.3 is 0 Å². The van der Waals surface area contributed by atoms with Crippen LogP contribution in [0.1, 0.15) is 17.5 Å². The summed E-state index contributed by atoms with van der Waals surface area (Å²) in [5.41, 5.74) is 2.59. The maximum absolute atomic E-state index is 12.9. The van der Waals surface area contributed by atoms with Crippen molar-refractivity contribution in [2.24, 2.45) is 0 Å². The maximum Gasteiger partial charge on any atom is 0.262 e. The molecule has 0 saturated heterocycles. The molecule has 1 N–H and O–H groups in total. The van der Waals surface area contributed by atoms with Crippen molar-refractivity contribution < 1.29 is 13.2 Å². The van der Waals surface area contributed by atoms with Crippen molar-refractivity contribution in [3.05, 3.63) is 51.5 Å². The second-order valence-electron chi connectivity index (χ2n) is 6.84. The van der Waals surface area contributed by atoms with Crippen LogP contribution in [-0.4, -0.2) is 40.6 Å². The summed E-state index contributed by atoms with van der Waals surface area (Å²) in [5.74, 6) is 0.783. The summed E-state index contributed by atoms with van der Waals surface area (Å²) in [6.07, 6.45) is 2.53. The van der Waals surface area contributed by atoms with Crippen molar-refractivity contribution in [1.29, 1.82) is 0 Å². The molecule has 1 aliphatic carbocycles. The van der Waals surface area contributed by atoms with Gasteiger partial charge < -0.3 is 9.64 Å². The van der Waals surface area contributed by atoms with E-state index in [-0.39, 0.29) is 14.9 Å². The van der Waals surface area contributed by atoms with Gasteiger partial charge in [0.15, 0.2) is 0 Å². The standard InChI is InChI=1S/C19H22Cl2N2O3S/c1-23(2)14-4-5-16-17(11-14)19(26-3)7-6-18(16)22-27(24,25)15-9-12(20)8-13(21)10-15/h6-10,14,22H,4-5,11H2,1-3H3/t14-/m0/s1. The molecule has 0 spiro atoms. The van der Waals surface area contributed by atoms with Gasteiger partial charge in [-0.15, -0.1) is 0 Å². The number of ether oxygens (including phenoxy) is 1. The summed E-state index contributed by atoms with van der Waals surface area (Å²) >= 11 is 11.9. The van der Waals surface area contributed by atoms with Crippen LogP contribution in [0.4, 0.5) is 5.69 Å². The molecule has 27 heavy (non-hydrogen) atoms. The molecule has 0 radical (unpaired) electrons. The third kappa shape index (κ3) is 4.35. The van der Waals surface area contributed by atoms with Gasteiger partial charge in [-0.2, -0.15) is 0 Å². The minimum absolute atomic E-state index is 0.0338. The third-order valence-corrected chi connectivity index (χ3v) is 6.68. The van der Waals surface area contributed by atoms with E-state index in [0.717, 1.165) is 36.1 Å². The third-order valence-electron chi connectivity index (χ3n) is 4.90. The van der Waals surface area contributed by atoms with E-state index in [1.165, 1.54) is 18.2 Å². The monoisotopic (exact) mass is 428 g/mol. The zero-order chi connectivity index (χ0) is 19.8. The van der Waals surface area contributed by atoms with E-state index in [4.69, 9.17) is 27.9 Å². The van der Waals surface area contributed by atoms with Crippen LogP contribution in [0.2, 0.25) is 10.0 Å². The largest absolute Gasteiger partial charge is 0.496 e. The predicted octanol–water partition coefficient (Wildman–Crippen LogP) is 4.22. The van der Waals surface area contributed by atoms with Crippen LogP contribution in [0.3, 0.4) is 0 Å². The van der Waals surface area contributed by atoms with Crippen molar-refractivity contribution in [3.8, 4) is 5.75 Å². The summed E-state index contributed by atoms with van der Waals surface area (Å²) in [6.45, 7) is 0. The molecule has 0 aromatic heterocycles. The second kappa shape index (κ2) is 7.87. The molecule has 8 heteroatoms. The highest BCUT2D eigenvalue weighted by Gasteiger charge is 2.27. The van der Waals surface area contributed by atoms with Crippen molar-refractivity contribution >= 4 is 38.9 Å². The number of rotatable bonds is 5. The number of nitrogens with zero attached hydrogens (tertiary/aromatic N) is 1. The van der Waals surface area contributed by atoms with Gasteiger partial charge in [0.2, 0.25) is 0 Å². The molecule has 0 amide bonds. The lowest BCUT2D eigenvalue weighted by Crippen LogP contribution is -2.34. The number of anilines is 1. The molecule has 0 fully saturated rings. The Hall–Kier alpha value is -1.47. The Morgan fingerprint density at radius 2 is 1.78 bits per heavy atom. The lowest BCUT2D eigenvalue weighted by molar-refractivity contribution is 0.265. The number of methoxy groups -OCH3 is 1. The molecule has 1 atom stereocenters.